The zero-order valence-corrected chi connectivity index (χ0v) is 20.7. The summed E-state index contributed by atoms with van der Waals surface area (Å²) in [5.74, 6) is 0.0483. The third kappa shape index (κ3) is 6.13. The number of sulfonamides is 1. The molecule has 0 radical (unpaired) electrons. The number of benzene rings is 3. The lowest BCUT2D eigenvalue weighted by Crippen LogP contribution is -2.30. The second-order valence-electron chi connectivity index (χ2n) is 6.97. The molecule has 0 aliphatic rings. The highest BCUT2D eigenvalue weighted by molar-refractivity contribution is 9.10. The number of anilines is 2. The summed E-state index contributed by atoms with van der Waals surface area (Å²) in [6.45, 7) is 2.77. The SMILES string of the molecule is CCN(c1ccccc1)S(=O)(=O)c1ccc(NC(=O)c2cc(Br)ccc2OCCOC)cc1. The Hall–Kier alpha value is -2.88. The highest BCUT2D eigenvalue weighted by Gasteiger charge is 2.23. The summed E-state index contributed by atoms with van der Waals surface area (Å²) in [6, 6.07) is 20.2. The molecule has 1 N–H and O–H groups in total. The normalized spacial score (nSPS) is 11.1. The molecular formula is C24H25BrN2O5S. The molecule has 7 nitrogen and oxygen atoms in total. The molecule has 3 aromatic rings. The summed E-state index contributed by atoms with van der Waals surface area (Å²) in [7, 11) is -2.17. The molecule has 0 atom stereocenters. The molecule has 3 rings (SSSR count). The van der Waals surface area contributed by atoms with Crippen molar-refractivity contribution in [1.29, 1.82) is 0 Å². The second kappa shape index (κ2) is 11.3. The number of amides is 1. The molecule has 3 aromatic carbocycles. The van der Waals surface area contributed by atoms with E-state index in [1.807, 2.05) is 6.07 Å². The van der Waals surface area contributed by atoms with Crippen molar-refractivity contribution in [1.82, 2.24) is 0 Å². The first-order chi connectivity index (χ1) is 15.9. The number of nitrogens with zero attached hydrogens (tertiary/aromatic N) is 1. The fourth-order valence-corrected chi connectivity index (χ4v) is 5.00. The minimum atomic E-state index is -3.74. The Kier molecular flexibility index (Phi) is 8.49. The third-order valence-corrected chi connectivity index (χ3v) is 7.17. The number of methoxy groups -OCH3 is 1. The van der Waals surface area contributed by atoms with Gasteiger partial charge in [-0.2, -0.15) is 0 Å². The number of para-hydroxylation sites is 1. The minimum absolute atomic E-state index is 0.136. The quantitative estimate of drug-likeness (QED) is 0.373. The number of carbonyl (C=O) groups excluding carboxylic acids is 1. The number of rotatable bonds is 10. The number of hydrogen-bond acceptors (Lipinski definition) is 5. The Balaban J connectivity index is 1.78. The van der Waals surface area contributed by atoms with Gasteiger partial charge in [0.15, 0.2) is 0 Å². The Labute approximate surface area is 202 Å². The van der Waals surface area contributed by atoms with Gasteiger partial charge in [-0.1, -0.05) is 34.1 Å². The summed E-state index contributed by atoms with van der Waals surface area (Å²) in [5.41, 5.74) is 1.40. The molecule has 0 heterocycles. The fourth-order valence-electron chi connectivity index (χ4n) is 3.16. The summed E-state index contributed by atoms with van der Waals surface area (Å²) in [4.78, 5) is 13.0. The number of ether oxygens (including phenoxy) is 2. The van der Waals surface area contributed by atoms with Gasteiger partial charge in [-0.05, 0) is 61.5 Å². The van der Waals surface area contributed by atoms with Crippen molar-refractivity contribution in [3.63, 3.8) is 0 Å². The van der Waals surface area contributed by atoms with E-state index in [0.29, 0.717) is 42.4 Å². The van der Waals surface area contributed by atoms with E-state index in [1.165, 1.54) is 16.4 Å². The molecule has 1 amide bonds. The van der Waals surface area contributed by atoms with Crippen LogP contribution in [-0.2, 0) is 14.8 Å². The predicted molar refractivity (Wildman–Crippen MR) is 133 cm³/mol. The van der Waals surface area contributed by atoms with Gasteiger partial charge in [-0.15, -0.1) is 0 Å². The minimum Gasteiger partial charge on any atom is -0.490 e. The fraction of sp³-hybridized carbons (Fsp3) is 0.208. The summed E-state index contributed by atoms with van der Waals surface area (Å²) >= 11 is 3.37. The van der Waals surface area contributed by atoms with Crippen LogP contribution in [-0.4, -0.2) is 41.2 Å². The standard InChI is InChI=1S/C24H25BrN2O5S/c1-3-27(20-7-5-4-6-8-20)33(29,30)21-12-10-19(11-13-21)26-24(28)22-17-18(25)9-14-23(22)32-16-15-31-2/h4-14,17H,3,15-16H2,1-2H3,(H,26,28). The molecule has 9 heteroatoms. The molecule has 0 spiro atoms. The van der Waals surface area contributed by atoms with Gasteiger partial charge in [0.1, 0.15) is 12.4 Å². The largest absolute Gasteiger partial charge is 0.490 e. The number of carbonyl (C=O) groups is 1. The molecule has 174 valence electrons. The van der Waals surface area contributed by atoms with Crippen LogP contribution in [0.15, 0.2) is 82.2 Å². The van der Waals surface area contributed by atoms with Gasteiger partial charge in [-0.3, -0.25) is 9.10 Å². The van der Waals surface area contributed by atoms with Crippen LogP contribution in [0.5, 0.6) is 5.75 Å². The first kappa shape index (κ1) is 24.8. The summed E-state index contributed by atoms with van der Waals surface area (Å²) in [5, 5.41) is 2.79. The lowest BCUT2D eigenvalue weighted by molar-refractivity contribution is 0.101. The second-order valence-corrected chi connectivity index (χ2v) is 9.74. The van der Waals surface area contributed by atoms with Crippen molar-refractivity contribution >= 4 is 43.2 Å². The molecule has 0 bridgehead atoms. The van der Waals surface area contributed by atoms with Crippen molar-refractivity contribution < 1.29 is 22.7 Å². The zero-order chi connectivity index (χ0) is 23.8. The van der Waals surface area contributed by atoms with Crippen LogP contribution in [0.2, 0.25) is 0 Å². The monoisotopic (exact) mass is 532 g/mol. The average Bonchev–Trinajstić information content (AvgIpc) is 2.81. The molecule has 0 saturated heterocycles. The predicted octanol–water partition coefficient (Wildman–Crippen LogP) is 4.94. The molecule has 0 aliphatic carbocycles. The van der Waals surface area contributed by atoms with Crippen molar-refractivity contribution in [2.24, 2.45) is 0 Å². The van der Waals surface area contributed by atoms with Gasteiger partial charge >= 0.3 is 0 Å². The van der Waals surface area contributed by atoms with E-state index in [0.717, 1.165) is 4.47 Å². The van der Waals surface area contributed by atoms with Gasteiger partial charge in [-0.25, -0.2) is 8.42 Å². The van der Waals surface area contributed by atoms with Crippen LogP contribution in [0.25, 0.3) is 0 Å². The maximum Gasteiger partial charge on any atom is 0.264 e. The van der Waals surface area contributed by atoms with E-state index in [2.05, 4.69) is 21.2 Å². The van der Waals surface area contributed by atoms with Crippen molar-refractivity contribution in [2.75, 3.05) is 36.5 Å². The smallest absolute Gasteiger partial charge is 0.264 e. The number of nitrogens with one attached hydrogen (secondary N) is 1. The topological polar surface area (TPSA) is 84.9 Å². The first-order valence-electron chi connectivity index (χ1n) is 10.3. The maximum absolute atomic E-state index is 13.1. The Morgan fingerprint density at radius 2 is 1.70 bits per heavy atom. The van der Waals surface area contributed by atoms with Gasteiger partial charge in [0.2, 0.25) is 0 Å². The van der Waals surface area contributed by atoms with Crippen LogP contribution >= 0.6 is 15.9 Å². The Morgan fingerprint density at radius 1 is 1.00 bits per heavy atom. The van der Waals surface area contributed by atoms with Crippen LogP contribution in [0.4, 0.5) is 11.4 Å². The van der Waals surface area contributed by atoms with Crippen LogP contribution < -0.4 is 14.4 Å². The molecule has 0 aliphatic heterocycles. The molecule has 0 unspecified atom stereocenters. The van der Waals surface area contributed by atoms with Crippen LogP contribution in [0.1, 0.15) is 17.3 Å². The van der Waals surface area contributed by atoms with Crippen molar-refractivity contribution in [2.45, 2.75) is 11.8 Å². The summed E-state index contributed by atoms with van der Waals surface area (Å²) in [6.07, 6.45) is 0. The van der Waals surface area contributed by atoms with Crippen molar-refractivity contribution in [3.8, 4) is 5.75 Å². The van der Waals surface area contributed by atoms with Crippen LogP contribution in [0, 0.1) is 0 Å². The van der Waals surface area contributed by atoms with Gasteiger partial charge < -0.3 is 14.8 Å². The number of halogens is 1. The molecule has 0 fully saturated rings. The van der Waals surface area contributed by atoms with Gasteiger partial charge in [0.05, 0.1) is 22.8 Å². The lowest BCUT2D eigenvalue weighted by atomic mass is 10.2. The highest BCUT2D eigenvalue weighted by atomic mass is 79.9. The molecule has 33 heavy (non-hydrogen) atoms. The Morgan fingerprint density at radius 3 is 2.33 bits per heavy atom. The van der Waals surface area contributed by atoms with Gasteiger partial charge in [0, 0.05) is 23.8 Å². The van der Waals surface area contributed by atoms with Crippen molar-refractivity contribution in [3.05, 3.63) is 82.8 Å². The van der Waals surface area contributed by atoms with E-state index in [9.17, 15) is 13.2 Å². The zero-order valence-electron chi connectivity index (χ0n) is 18.3. The summed E-state index contributed by atoms with van der Waals surface area (Å²) < 4.78 is 39.0. The number of hydrogen-bond donors (Lipinski definition) is 1. The van der Waals surface area contributed by atoms with E-state index in [-0.39, 0.29) is 10.8 Å². The highest BCUT2D eigenvalue weighted by Crippen LogP contribution is 2.26. The van der Waals surface area contributed by atoms with E-state index < -0.39 is 10.0 Å². The molecule has 0 aromatic heterocycles. The lowest BCUT2D eigenvalue weighted by Gasteiger charge is -2.23. The van der Waals surface area contributed by atoms with Gasteiger partial charge in [0.25, 0.3) is 15.9 Å². The third-order valence-electron chi connectivity index (χ3n) is 4.76. The Bertz CT molecular complexity index is 1190. The molecule has 0 saturated carbocycles. The average molecular weight is 533 g/mol. The molecular weight excluding hydrogens is 508 g/mol. The first-order valence-corrected chi connectivity index (χ1v) is 12.5. The van der Waals surface area contributed by atoms with E-state index in [1.54, 1.807) is 68.6 Å². The maximum atomic E-state index is 13.1. The van der Waals surface area contributed by atoms with Crippen LogP contribution in [0.3, 0.4) is 0 Å². The van der Waals surface area contributed by atoms with E-state index >= 15 is 0 Å². The van der Waals surface area contributed by atoms with E-state index in [4.69, 9.17) is 9.47 Å².